The van der Waals surface area contributed by atoms with Crippen LogP contribution in [-0.2, 0) is 11.2 Å². The average Bonchev–Trinajstić information content (AvgIpc) is 3.25. The van der Waals surface area contributed by atoms with Crippen molar-refractivity contribution in [2.75, 3.05) is 0 Å². The maximum Gasteiger partial charge on any atom is 0.230 e. The Morgan fingerprint density at radius 3 is 2.75 bits per heavy atom. The molecule has 4 rings (SSSR count). The zero-order valence-electron chi connectivity index (χ0n) is 16.9. The topological polar surface area (TPSA) is 119 Å². The first-order chi connectivity index (χ1) is 15.5. The molecule has 1 aliphatic rings. The van der Waals surface area contributed by atoms with Crippen molar-refractivity contribution in [2.45, 2.75) is 19.8 Å². The highest BCUT2D eigenvalue weighted by Gasteiger charge is 2.18. The molecule has 32 heavy (non-hydrogen) atoms. The molecule has 0 aliphatic carbocycles. The van der Waals surface area contributed by atoms with Gasteiger partial charge >= 0.3 is 0 Å². The zero-order valence-corrected chi connectivity index (χ0v) is 16.9. The molecule has 0 bridgehead atoms. The van der Waals surface area contributed by atoms with Crippen LogP contribution in [0.15, 0.2) is 65.3 Å². The molecule has 0 atom stereocenters. The van der Waals surface area contributed by atoms with E-state index < -0.39 is 5.82 Å². The second-order valence-corrected chi connectivity index (χ2v) is 6.86. The first-order valence-corrected chi connectivity index (χ1v) is 9.61. The van der Waals surface area contributed by atoms with Crippen LogP contribution in [0, 0.1) is 5.82 Å². The largest absolute Gasteiger partial charge is 0.435 e. The molecule has 0 saturated carbocycles. The number of rotatable bonds is 6. The van der Waals surface area contributed by atoms with E-state index in [0.717, 1.165) is 0 Å². The number of pyridine rings is 1. The Kier molecular flexibility index (Phi) is 6.02. The number of nitrogens with zero attached hydrogens (tertiary/aromatic N) is 5. The lowest BCUT2D eigenvalue weighted by atomic mass is 10.1. The minimum atomic E-state index is -0.679. The van der Waals surface area contributed by atoms with Crippen molar-refractivity contribution < 1.29 is 18.7 Å². The van der Waals surface area contributed by atoms with Gasteiger partial charge in [-0.05, 0) is 36.8 Å². The molecule has 0 unspecified atom stereocenters. The van der Waals surface area contributed by atoms with Crippen LogP contribution in [-0.4, -0.2) is 38.2 Å². The lowest BCUT2D eigenvalue weighted by molar-refractivity contribution is -0.119. The fourth-order valence-corrected chi connectivity index (χ4v) is 2.98. The number of carbonyl (C=O) groups excluding carboxylic acids is 2. The van der Waals surface area contributed by atoms with E-state index in [4.69, 9.17) is 4.74 Å². The van der Waals surface area contributed by atoms with E-state index in [1.54, 1.807) is 36.8 Å². The summed E-state index contributed by atoms with van der Waals surface area (Å²) in [4.78, 5) is 36.1. The summed E-state index contributed by atoms with van der Waals surface area (Å²) in [7, 11) is 0. The van der Waals surface area contributed by atoms with E-state index in [-0.39, 0.29) is 35.3 Å². The SMILES string of the molecule is CC(=O)c1cccnc1Oc1ccc(CC(=O)NC2=NN=C(c3cnccn3)C2)cc1F. The molecule has 160 valence electrons. The molecule has 1 amide bonds. The molecule has 0 fully saturated rings. The van der Waals surface area contributed by atoms with E-state index in [1.165, 1.54) is 25.3 Å². The number of aromatic nitrogens is 3. The Morgan fingerprint density at radius 1 is 1.12 bits per heavy atom. The van der Waals surface area contributed by atoms with Gasteiger partial charge in [-0.25, -0.2) is 9.37 Å². The van der Waals surface area contributed by atoms with Crippen molar-refractivity contribution in [3.63, 3.8) is 0 Å². The Balaban J connectivity index is 1.36. The van der Waals surface area contributed by atoms with Crippen molar-refractivity contribution in [2.24, 2.45) is 10.2 Å². The molecule has 10 heteroatoms. The third kappa shape index (κ3) is 4.86. The standard InChI is InChI=1S/C22H17FN6O3/c1-13(30)15-3-2-6-26-22(15)32-19-5-4-14(9-16(19)23)10-21(31)27-20-11-17(28-29-20)18-12-24-7-8-25-18/h2-9,12H,10-11H2,1H3,(H,27,29,31). The van der Waals surface area contributed by atoms with Crippen molar-refractivity contribution in [1.82, 2.24) is 20.3 Å². The fraction of sp³-hybridized carbons (Fsp3) is 0.136. The molecule has 0 saturated heterocycles. The highest BCUT2D eigenvalue weighted by Crippen LogP contribution is 2.26. The van der Waals surface area contributed by atoms with Gasteiger partial charge in [-0.15, -0.1) is 5.10 Å². The number of amides is 1. The molecule has 3 aromatic rings. The van der Waals surface area contributed by atoms with Gasteiger partial charge in [0.25, 0.3) is 0 Å². The monoisotopic (exact) mass is 432 g/mol. The van der Waals surface area contributed by atoms with Gasteiger partial charge in [0.05, 0.1) is 30.3 Å². The van der Waals surface area contributed by atoms with E-state index in [0.29, 0.717) is 29.2 Å². The summed E-state index contributed by atoms with van der Waals surface area (Å²) in [6, 6.07) is 7.29. The lowest BCUT2D eigenvalue weighted by Gasteiger charge is -2.10. The van der Waals surface area contributed by atoms with Crippen LogP contribution in [0.25, 0.3) is 0 Å². The number of ether oxygens (including phenoxy) is 1. The smallest absolute Gasteiger partial charge is 0.230 e. The maximum absolute atomic E-state index is 14.5. The predicted octanol–water partition coefficient (Wildman–Crippen LogP) is 2.87. The zero-order chi connectivity index (χ0) is 22.5. The molecule has 0 radical (unpaired) electrons. The summed E-state index contributed by atoms with van der Waals surface area (Å²) < 4.78 is 20.0. The maximum atomic E-state index is 14.5. The molecule has 1 aromatic carbocycles. The molecule has 1 aliphatic heterocycles. The molecular weight excluding hydrogens is 415 g/mol. The number of ketones is 1. The summed E-state index contributed by atoms with van der Waals surface area (Å²) in [6.45, 7) is 1.37. The highest BCUT2D eigenvalue weighted by atomic mass is 19.1. The van der Waals surface area contributed by atoms with Crippen LogP contribution in [0.2, 0.25) is 0 Å². The van der Waals surface area contributed by atoms with Crippen LogP contribution in [0.3, 0.4) is 0 Å². The van der Waals surface area contributed by atoms with Gasteiger partial charge in [-0.3, -0.25) is 19.6 Å². The predicted molar refractivity (Wildman–Crippen MR) is 113 cm³/mol. The first kappa shape index (κ1) is 20.9. The van der Waals surface area contributed by atoms with Crippen LogP contribution in [0.1, 0.15) is 35.0 Å². The van der Waals surface area contributed by atoms with Gasteiger partial charge in [0.1, 0.15) is 11.5 Å². The first-order valence-electron chi connectivity index (χ1n) is 9.61. The van der Waals surface area contributed by atoms with Gasteiger partial charge in [-0.2, -0.15) is 5.10 Å². The van der Waals surface area contributed by atoms with E-state index in [9.17, 15) is 14.0 Å². The number of Topliss-reactive ketones (excluding diaryl/α,β-unsaturated/α-hetero) is 1. The Hall–Kier alpha value is -4.34. The Morgan fingerprint density at radius 2 is 2.00 bits per heavy atom. The van der Waals surface area contributed by atoms with Crippen LogP contribution < -0.4 is 10.1 Å². The van der Waals surface area contributed by atoms with E-state index >= 15 is 0 Å². The summed E-state index contributed by atoms with van der Waals surface area (Å²) in [6.07, 6.45) is 6.36. The normalized spacial score (nSPS) is 12.7. The molecule has 2 aromatic heterocycles. The van der Waals surface area contributed by atoms with Crippen molar-refractivity contribution in [3.05, 3.63) is 77.8 Å². The van der Waals surface area contributed by atoms with Crippen molar-refractivity contribution in [3.8, 4) is 11.6 Å². The Bertz CT molecular complexity index is 1240. The second kappa shape index (κ2) is 9.21. The number of hydrogen-bond donors (Lipinski definition) is 1. The van der Waals surface area contributed by atoms with Crippen molar-refractivity contribution >= 4 is 23.2 Å². The highest BCUT2D eigenvalue weighted by molar-refractivity contribution is 6.16. The van der Waals surface area contributed by atoms with Crippen LogP contribution >= 0.6 is 0 Å². The second-order valence-electron chi connectivity index (χ2n) is 6.86. The molecule has 0 spiro atoms. The number of hydrogen-bond acceptors (Lipinski definition) is 8. The molecule has 1 N–H and O–H groups in total. The minimum Gasteiger partial charge on any atom is -0.435 e. The fourth-order valence-electron chi connectivity index (χ4n) is 2.98. The number of amidine groups is 1. The van der Waals surface area contributed by atoms with Crippen molar-refractivity contribution in [1.29, 1.82) is 0 Å². The third-order valence-electron chi connectivity index (χ3n) is 4.49. The summed E-state index contributed by atoms with van der Waals surface area (Å²) in [5.74, 6) is -0.996. The lowest BCUT2D eigenvalue weighted by Crippen LogP contribution is -2.31. The van der Waals surface area contributed by atoms with Crippen LogP contribution in [0.4, 0.5) is 4.39 Å². The van der Waals surface area contributed by atoms with E-state index in [1.807, 2.05) is 0 Å². The quantitative estimate of drug-likeness (QED) is 0.599. The number of carbonyl (C=O) groups is 2. The minimum absolute atomic E-state index is 0.0162. The van der Waals surface area contributed by atoms with E-state index in [2.05, 4.69) is 30.5 Å². The van der Waals surface area contributed by atoms with Gasteiger partial charge in [-0.1, -0.05) is 6.07 Å². The van der Waals surface area contributed by atoms with Gasteiger partial charge in [0.2, 0.25) is 11.8 Å². The van der Waals surface area contributed by atoms with Gasteiger partial charge in [0.15, 0.2) is 17.3 Å². The Labute approximate surface area is 182 Å². The average molecular weight is 432 g/mol. The summed E-state index contributed by atoms with van der Waals surface area (Å²) >= 11 is 0. The van der Waals surface area contributed by atoms with Gasteiger partial charge in [0, 0.05) is 18.6 Å². The molecule has 3 heterocycles. The molecule has 9 nitrogen and oxygen atoms in total. The number of nitrogens with one attached hydrogen (secondary N) is 1. The number of halogens is 1. The summed E-state index contributed by atoms with van der Waals surface area (Å²) in [5.41, 5.74) is 1.86. The molecular formula is C22H17FN6O3. The summed E-state index contributed by atoms with van der Waals surface area (Å²) in [5, 5.41) is 10.6. The van der Waals surface area contributed by atoms with Crippen LogP contribution in [0.5, 0.6) is 11.6 Å². The number of benzene rings is 1. The third-order valence-corrected chi connectivity index (χ3v) is 4.49. The van der Waals surface area contributed by atoms with Gasteiger partial charge < -0.3 is 10.1 Å².